The van der Waals surface area contributed by atoms with Gasteiger partial charge in [-0.2, -0.15) is 0 Å². The van der Waals surface area contributed by atoms with Crippen molar-refractivity contribution < 1.29 is 80.2 Å². The number of aliphatic hydroxyl groups excluding tert-OH is 1. The molecule has 0 radical (unpaired) electrons. The fraction of sp³-hybridized carbons (Fsp3) is 0.942. The molecule has 5 atom stereocenters. The van der Waals surface area contributed by atoms with Crippen LogP contribution in [0.4, 0.5) is 0 Å². The zero-order valence-corrected chi connectivity index (χ0v) is 58.5. The summed E-state index contributed by atoms with van der Waals surface area (Å²) in [6.07, 6.45) is 51.1. The largest absolute Gasteiger partial charge is 0.472 e. The van der Waals surface area contributed by atoms with E-state index in [1.165, 1.54) is 193 Å². The maximum Gasteiger partial charge on any atom is 0.472 e. The van der Waals surface area contributed by atoms with Crippen molar-refractivity contribution in [3.05, 3.63) is 0 Å². The maximum atomic E-state index is 13.0. The first kappa shape index (κ1) is 86.1. The van der Waals surface area contributed by atoms with Crippen LogP contribution in [0, 0.1) is 0 Å². The Morgan fingerprint density at radius 1 is 0.273 bits per heavy atom. The minimum absolute atomic E-state index is 0.107. The van der Waals surface area contributed by atoms with E-state index in [-0.39, 0.29) is 25.7 Å². The summed E-state index contributed by atoms with van der Waals surface area (Å²) in [5.41, 5.74) is 0. The number of ether oxygens (including phenoxy) is 4. The Bertz CT molecular complexity index is 1690. The Balaban J connectivity index is 5.23. The number of hydrogen-bond acceptors (Lipinski definition) is 15. The molecular formula is C69H134O17P2. The van der Waals surface area contributed by atoms with Gasteiger partial charge in [0, 0.05) is 25.7 Å². The predicted octanol–water partition coefficient (Wildman–Crippen LogP) is 19.9. The summed E-state index contributed by atoms with van der Waals surface area (Å²) in [6, 6.07) is 0. The molecule has 522 valence electrons. The Morgan fingerprint density at radius 2 is 0.455 bits per heavy atom. The quantitative estimate of drug-likeness (QED) is 0.0222. The zero-order valence-electron chi connectivity index (χ0n) is 56.7. The zero-order chi connectivity index (χ0) is 64.7. The molecule has 0 aliphatic heterocycles. The van der Waals surface area contributed by atoms with E-state index in [4.69, 9.17) is 37.0 Å². The monoisotopic (exact) mass is 1300 g/mol. The molecule has 0 saturated carbocycles. The molecule has 0 aromatic rings. The first-order valence-electron chi connectivity index (χ1n) is 36.3. The number of carbonyl (C=O) groups excluding carboxylic acids is 4. The van der Waals surface area contributed by atoms with Crippen LogP contribution in [0.15, 0.2) is 0 Å². The van der Waals surface area contributed by atoms with Crippen molar-refractivity contribution in [2.75, 3.05) is 39.6 Å². The average molecular weight is 1300 g/mol. The molecule has 88 heavy (non-hydrogen) atoms. The fourth-order valence-corrected chi connectivity index (χ4v) is 12.1. The highest BCUT2D eigenvalue weighted by atomic mass is 31.2. The van der Waals surface area contributed by atoms with Crippen LogP contribution in [0.1, 0.15) is 362 Å². The van der Waals surface area contributed by atoms with Gasteiger partial charge in [-0.05, 0) is 25.7 Å². The third kappa shape index (κ3) is 62.8. The molecule has 2 unspecified atom stereocenters. The van der Waals surface area contributed by atoms with Crippen LogP contribution in [-0.4, -0.2) is 96.7 Å². The first-order chi connectivity index (χ1) is 42.7. The van der Waals surface area contributed by atoms with E-state index in [0.717, 1.165) is 89.9 Å². The van der Waals surface area contributed by atoms with Crippen LogP contribution in [0.25, 0.3) is 0 Å². The second-order valence-electron chi connectivity index (χ2n) is 24.9. The summed E-state index contributed by atoms with van der Waals surface area (Å²) in [4.78, 5) is 72.5. The number of aliphatic hydroxyl groups is 1. The van der Waals surface area contributed by atoms with E-state index in [2.05, 4.69) is 27.7 Å². The summed E-state index contributed by atoms with van der Waals surface area (Å²) in [7, 11) is -9.89. The Hall–Kier alpha value is -1.94. The molecule has 0 aromatic carbocycles. The molecule has 17 nitrogen and oxygen atoms in total. The van der Waals surface area contributed by atoms with Crippen LogP contribution in [0.5, 0.6) is 0 Å². The van der Waals surface area contributed by atoms with Gasteiger partial charge in [-0.25, -0.2) is 9.13 Å². The van der Waals surface area contributed by atoms with Crippen LogP contribution < -0.4 is 0 Å². The van der Waals surface area contributed by atoms with E-state index in [0.29, 0.717) is 25.7 Å². The number of carbonyl (C=O) groups is 4. The lowest BCUT2D eigenvalue weighted by molar-refractivity contribution is -0.161. The minimum atomic E-state index is -4.95. The number of hydrogen-bond donors (Lipinski definition) is 3. The number of phosphoric ester groups is 2. The molecule has 19 heteroatoms. The number of unbranched alkanes of at least 4 members (excludes halogenated alkanes) is 44. The van der Waals surface area contributed by atoms with Crippen LogP contribution in [0.3, 0.4) is 0 Å². The molecule has 0 spiro atoms. The van der Waals surface area contributed by atoms with Crippen molar-refractivity contribution in [2.45, 2.75) is 380 Å². The Morgan fingerprint density at radius 3 is 0.670 bits per heavy atom. The first-order valence-corrected chi connectivity index (χ1v) is 39.3. The van der Waals surface area contributed by atoms with Gasteiger partial charge < -0.3 is 33.8 Å². The topological polar surface area (TPSA) is 237 Å². The van der Waals surface area contributed by atoms with E-state index in [1.54, 1.807) is 0 Å². The predicted molar refractivity (Wildman–Crippen MR) is 354 cm³/mol. The van der Waals surface area contributed by atoms with Gasteiger partial charge in [0.15, 0.2) is 12.2 Å². The van der Waals surface area contributed by atoms with Crippen molar-refractivity contribution in [2.24, 2.45) is 0 Å². The molecule has 0 saturated heterocycles. The van der Waals surface area contributed by atoms with Gasteiger partial charge in [0.1, 0.15) is 19.3 Å². The molecule has 0 amide bonds. The van der Waals surface area contributed by atoms with Crippen molar-refractivity contribution in [1.82, 2.24) is 0 Å². The molecule has 0 heterocycles. The van der Waals surface area contributed by atoms with Gasteiger partial charge >= 0.3 is 39.5 Å². The van der Waals surface area contributed by atoms with E-state index in [1.807, 2.05) is 0 Å². The molecule has 0 aliphatic carbocycles. The van der Waals surface area contributed by atoms with Crippen LogP contribution in [0.2, 0.25) is 0 Å². The van der Waals surface area contributed by atoms with Crippen molar-refractivity contribution in [3.63, 3.8) is 0 Å². The maximum absolute atomic E-state index is 13.0. The Labute approximate surface area is 537 Å². The molecular weight excluding hydrogens is 1160 g/mol. The summed E-state index contributed by atoms with van der Waals surface area (Å²) in [6.45, 7) is 4.93. The second kappa shape index (κ2) is 63.8. The van der Waals surface area contributed by atoms with Gasteiger partial charge in [0.05, 0.1) is 26.4 Å². The highest BCUT2D eigenvalue weighted by Crippen LogP contribution is 2.45. The summed E-state index contributed by atoms with van der Waals surface area (Å²) in [5, 5.41) is 10.6. The molecule has 0 aliphatic rings. The van der Waals surface area contributed by atoms with Gasteiger partial charge in [-0.1, -0.05) is 310 Å². The van der Waals surface area contributed by atoms with Crippen LogP contribution in [-0.2, 0) is 65.4 Å². The Kier molecular flexibility index (Phi) is 62.4. The smallest absolute Gasteiger partial charge is 0.462 e. The molecule has 0 aromatic heterocycles. The average Bonchev–Trinajstić information content (AvgIpc) is 3.69. The van der Waals surface area contributed by atoms with Gasteiger partial charge in [-0.15, -0.1) is 0 Å². The molecule has 0 bridgehead atoms. The standard InChI is InChI=1S/C69H134O17P2/c1-5-9-13-17-21-25-29-31-32-33-36-40-44-48-52-56-69(74)86-65(60-80-67(72)54-50-46-42-38-35-30-26-22-18-14-10-6-2)62-84-88(77,78)82-58-63(70)57-81-87(75,76)83-61-64(59-79-66(71)53-49-45-41-37-28-24-20-16-12-8-4)85-68(73)55-51-47-43-39-34-27-23-19-15-11-7-3/h63-65,70H,5-62H2,1-4H3,(H,75,76)(H,77,78)/t63-,64+,65+/m0/s1. The normalized spacial score (nSPS) is 14.0. The van der Waals surface area contributed by atoms with Gasteiger partial charge in [0.2, 0.25) is 0 Å². The van der Waals surface area contributed by atoms with E-state index in [9.17, 15) is 43.2 Å². The lowest BCUT2D eigenvalue weighted by atomic mass is 10.0. The summed E-state index contributed by atoms with van der Waals surface area (Å²) < 4.78 is 68.2. The van der Waals surface area contributed by atoms with Crippen LogP contribution >= 0.6 is 15.6 Å². The molecule has 0 rings (SSSR count). The number of phosphoric acid groups is 2. The highest BCUT2D eigenvalue weighted by Gasteiger charge is 2.30. The van der Waals surface area contributed by atoms with E-state index >= 15 is 0 Å². The second-order valence-corrected chi connectivity index (χ2v) is 27.8. The summed E-state index contributed by atoms with van der Waals surface area (Å²) in [5.74, 6) is -2.12. The minimum Gasteiger partial charge on any atom is -0.462 e. The summed E-state index contributed by atoms with van der Waals surface area (Å²) >= 11 is 0. The highest BCUT2D eigenvalue weighted by molar-refractivity contribution is 7.47. The third-order valence-electron chi connectivity index (χ3n) is 16.1. The third-order valence-corrected chi connectivity index (χ3v) is 18.0. The van der Waals surface area contributed by atoms with Gasteiger partial charge in [0.25, 0.3) is 0 Å². The van der Waals surface area contributed by atoms with E-state index < -0.39 is 97.5 Å². The number of rotatable bonds is 70. The molecule has 3 N–H and O–H groups in total. The SMILES string of the molecule is CCCCCCCCCCCCCCCCCC(=O)O[C@H](COC(=O)CCCCCCCCCCCCCC)COP(=O)(O)OC[C@@H](O)COP(=O)(O)OC[C@@H](COC(=O)CCCCCCCCCCCC)OC(=O)CCCCCCCCCCCCC. The van der Waals surface area contributed by atoms with Crippen molar-refractivity contribution >= 4 is 39.5 Å². The lowest BCUT2D eigenvalue weighted by Crippen LogP contribution is -2.30. The lowest BCUT2D eigenvalue weighted by Gasteiger charge is -2.21. The van der Waals surface area contributed by atoms with Crippen molar-refractivity contribution in [1.29, 1.82) is 0 Å². The van der Waals surface area contributed by atoms with Crippen molar-refractivity contribution in [3.8, 4) is 0 Å². The number of esters is 4. The van der Waals surface area contributed by atoms with Gasteiger partial charge in [-0.3, -0.25) is 37.3 Å². The molecule has 0 fully saturated rings. The fourth-order valence-electron chi connectivity index (χ4n) is 10.5.